The number of H-pyrrole nitrogens is 1. The van der Waals surface area contributed by atoms with E-state index in [0.717, 1.165) is 12.1 Å². The Labute approximate surface area is 232 Å². The van der Waals surface area contributed by atoms with Gasteiger partial charge >= 0.3 is 6.18 Å². The van der Waals surface area contributed by atoms with Crippen molar-refractivity contribution in [3.8, 4) is 28.4 Å². The van der Waals surface area contributed by atoms with Crippen LogP contribution in [0.1, 0.15) is 21.5 Å². The number of carbonyl (C=O) groups excluding carboxylic acids is 1. The molecule has 0 aliphatic carbocycles. The first-order chi connectivity index (χ1) is 19.6. The summed E-state index contributed by atoms with van der Waals surface area (Å²) in [4.78, 5) is 31.7. The van der Waals surface area contributed by atoms with Gasteiger partial charge in [0.2, 0.25) is 0 Å². The molecule has 0 unspecified atom stereocenters. The molecule has 0 atom stereocenters. The highest BCUT2D eigenvalue weighted by Crippen LogP contribution is 2.36. The van der Waals surface area contributed by atoms with Gasteiger partial charge in [-0.1, -0.05) is 24.3 Å². The number of amides is 1. The number of aromatic hydroxyl groups is 2. The minimum atomic E-state index is -4.57. The summed E-state index contributed by atoms with van der Waals surface area (Å²) in [6, 6.07) is 16.9. The maximum absolute atomic E-state index is 13.7. The van der Waals surface area contributed by atoms with Gasteiger partial charge in [-0.2, -0.15) is 13.2 Å². The second kappa shape index (κ2) is 9.82. The van der Waals surface area contributed by atoms with Crippen molar-refractivity contribution in [2.24, 2.45) is 0 Å². The van der Waals surface area contributed by atoms with Gasteiger partial charge in [0.1, 0.15) is 4.83 Å². The third-order valence-corrected chi connectivity index (χ3v) is 7.38. The number of phenols is 2. The number of nitrogens with zero attached hydrogens (tertiary/aromatic N) is 2. The van der Waals surface area contributed by atoms with Gasteiger partial charge in [-0.3, -0.25) is 14.7 Å². The number of aromatic amines is 1. The summed E-state index contributed by atoms with van der Waals surface area (Å²) in [6.07, 6.45) is -4.57. The van der Waals surface area contributed by atoms with Gasteiger partial charge in [0, 0.05) is 23.1 Å². The molecule has 0 bridgehead atoms. The third kappa shape index (κ3) is 4.78. The number of fused-ring (bicyclic) bond motifs is 3. The first-order valence-corrected chi connectivity index (χ1v) is 13.1. The average molecular weight is 577 g/mol. The van der Waals surface area contributed by atoms with Crippen molar-refractivity contribution in [1.82, 2.24) is 20.1 Å². The summed E-state index contributed by atoms with van der Waals surface area (Å²) >= 11 is 1.30. The molecule has 41 heavy (non-hydrogen) atoms. The van der Waals surface area contributed by atoms with Crippen LogP contribution in [0.15, 0.2) is 83.0 Å². The van der Waals surface area contributed by atoms with Crippen molar-refractivity contribution < 1.29 is 28.2 Å². The van der Waals surface area contributed by atoms with E-state index in [2.05, 4.69) is 15.4 Å². The average Bonchev–Trinajstić information content (AvgIpc) is 3.57. The van der Waals surface area contributed by atoms with Crippen LogP contribution in [0, 0.1) is 0 Å². The molecule has 6 rings (SSSR count). The number of pyridine rings is 1. The van der Waals surface area contributed by atoms with Crippen LogP contribution in [0.4, 0.5) is 13.2 Å². The molecule has 0 aliphatic rings. The Morgan fingerprint density at radius 2 is 1.80 bits per heavy atom. The monoisotopic (exact) mass is 576 g/mol. The summed E-state index contributed by atoms with van der Waals surface area (Å²) in [7, 11) is 0. The fraction of sp³-hybridized carbons (Fsp3) is 0.0690. The minimum Gasteiger partial charge on any atom is -0.504 e. The first-order valence-electron chi connectivity index (χ1n) is 12.2. The summed E-state index contributed by atoms with van der Waals surface area (Å²) in [5, 5.41) is 27.5. The van der Waals surface area contributed by atoms with E-state index in [1.165, 1.54) is 46.4 Å². The highest BCUT2D eigenvalue weighted by Gasteiger charge is 2.31. The van der Waals surface area contributed by atoms with Gasteiger partial charge in [0.05, 0.1) is 27.8 Å². The fourth-order valence-electron chi connectivity index (χ4n) is 4.57. The second-order valence-electron chi connectivity index (χ2n) is 9.24. The number of alkyl halides is 3. The van der Waals surface area contributed by atoms with Crippen molar-refractivity contribution in [2.45, 2.75) is 12.7 Å². The van der Waals surface area contributed by atoms with Crippen LogP contribution in [0.25, 0.3) is 38.1 Å². The van der Waals surface area contributed by atoms with Crippen molar-refractivity contribution in [3.05, 3.63) is 105 Å². The zero-order valence-electron chi connectivity index (χ0n) is 20.9. The van der Waals surface area contributed by atoms with Crippen LogP contribution in [0.5, 0.6) is 11.5 Å². The van der Waals surface area contributed by atoms with Gasteiger partial charge in [-0.15, -0.1) is 11.3 Å². The lowest BCUT2D eigenvalue weighted by Gasteiger charge is -2.09. The Morgan fingerprint density at radius 1 is 1.00 bits per heavy atom. The normalized spacial score (nSPS) is 11.8. The van der Waals surface area contributed by atoms with E-state index < -0.39 is 23.2 Å². The second-order valence-corrected chi connectivity index (χ2v) is 10.1. The molecule has 0 saturated heterocycles. The fourth-order valence-corrected chi connectivity index (χ4v) is 5.34. The Kier molecular flexibility index (Phi) is 6.26. The quantitative estimate of drug-likeness (QED) is 0.189. The van der Waals surface area contributed by atoms with E-state index in [9.17, 15) is 33.0 Å². The van der Waals surface area contributed by atoms with E-state index >= 15 is 0 Å². The van der Waals surface area contributed by atoms with Gasteiger partial charge in [-0.05, 0) is 59.5 Å². The highest BCUT2D eigenvalue weighted by molar-refractivity contribution is 7.16. The molecule has 12 heteroatoms. The molecule has 206 valence electrons. The summed E-state index contributed by atoms with van der Waals surface area (Å²) in [5.41, 5.74) is 0.427. The molecule has 0 saturated carbocycles. The van der Waals surface area contributed by atoms with Crippen molar-refractivity contribution in [1.29, 1.82) is 0 Å². The number of halogens is 3. The molecule has 3 heterocycles. The number of benzene rings is 3. The third-order valence-electron chi connectivity index (χ3n) is 6.58. The summed E-state index contributed by atoms with van der Waals surface area (Å²) in [5.74, 6) is -1.03. The molecule has 0 radical (unpaired) electrons. The number of rotatable bonds is 5. The lowest BCUT2D eigenvalue weighted by atomic mass is 10.0. The zero-order chi connectivity index (χ0) is 28.9. The zero-order valence-corrected chi connectivity index (χ0v) is 21.7. The maximum Gasteiger partial charge on any atom is 0.416 e. The van der Waals surface area contributed by atoms with Crippen molar-refractivity contribution in [3.63, 3.8) is 0 Å². The molecule has 3 aromatic carbocycles. The van der Waals surface area contributed by atoms with E-state index in [1.807, 2.05) is 0 Å². The molecule has 0 aliphatic heterocycles. The van der Waals surface area contributed by atoms with Crippen LogP contribution in [0.2, 0.25) is 0 Å². The minimum absolute atomic E-state index is 0.0748. The topological polar surface area (TPSA) is 120 Å². The van der Waals surface area contributed by atoms with Crippen molar-refractivity contribution >= 4 is 38.4 Å². The van der Waals surface area contributed by atoms with Crippen LogP contribution in [0.3, 0.4) is 0 Å². The molecule has 0 fully saturated rings. The molecule has 6 aromatic rings. The lowest BCUT2D eigenvalue weighted by Crippen LogP contribution is -2.23. The predicted octanol–water partition coefficient (Wildman–Crippen LogP) is 5.96. The standard InChI is InChI=1S/C29H19F3N4O4S/c30-29(31,32)18-5-1-3-16(12-18)24-23-25(20-9-10-41-27(20)34-24)35-36(28(23)40)19-6-2-4-17(13-19)26(39)33-14-15-7-8-21(37)22(38)11-15/h1-13,35,37-38H,14H2,(H,33,39). The van der Waals surface area contributed by atoms with E-state index in [-0.39, 0.29) is 40.3 Å². The Balaban J connectivity index is 1.41. The number of aromatic nitrogens is 3. The summed E-state index contributed by atoms with van der Waals surface area (Å²) in [6.45, 7) is 0.0748. The number of carbonyl (C=O) groups is 1. The van der Waals surface area contributed by atoms with E-state index in [1.54, 1.807) is 35.7 Å². The van der Waals surface area contributed by atoms with E-state index in [0.29, 0.717) is 27.0 Å². The van der Waals surface area contributed by atoms with E-state index in [4.69, 9.17) is 0 Å². The lowest BCUT2D eigenvalue weighted by molar-refractivity contribution is -0.137. The summed E-state index contributed by atoms with van der Waals surface area (Å²) < 4.78 is 41.6. The maximum atomic E-state index is 13.7. The molecule has 1 amide bonds. The molecule has 8 nitrogen and oxygen atoms in total. The Bertz CT molecular complexity index is 2030. The predicted molar refractivity (Wildman–Crippen MR) is 148 cm³/mol. The van der Waals surface area contributed by atoms with Gasteiger partial charge in [0.15, 0.2) is 11.5 Å². The van der Waals surface area contributed by atoms with Crippen LogP contribution in [-0.4, -0.2) is 30.9 Å². The van der Waals surface area contributed by atoms with Gasteiger partial charge in [-0.25, -0.2) is 9.67 Å². The molecular weight excluding hydrogens is 557 g/mol. The first kappa shape index (κ1) is 26.1. The van der Waals surface area contributed by atoms with Crippen molar-refractivity contribution in [2.75, 3.05) is 0 Å². The molecular formula is C29H19F3N4O4S. The number of phenolic OH excluding ortho intramolecular Hbond substituents is 2. The smallest absolute Gasteiger partial charge is 0.416 e. The molecule has 0 spiro atoms. The Morgan fingerprint density at radius 3 is 2.59 bits per heavy atom. The Hall–Kier alpha value is -5.10. The number of nitrogens with one attached hydrogen (secondary N) is 2. The molecule has 3 aromatic heterocycles. The van der Waals surface area contributed by atoms with Gasteiger partial charge in [0.25, 0.3) is 11.5 Å². The van der Waals surface area contributed by atoms with Gasteiger partial charge < -0.3 is 15.5 Å². The van der Waals surface area contributed by atoms with Crippen LogP contribution in [-0.2, 0) is 12.7 Å². The van der Waals surface area contributed by atoms with Crippen LogP contribution < -0.4 is 10.9 Å². The largest absolute Gasteiger partial charge is 0.504 e. The number of thiophene rings is 1. The SMILES string of the molecule is O=C(NCc1ccc(O)c(O)c1)c1cccc(-n2[nH]c3c(c(-c4cccc(C(F)(F)F)c4)nc4sccc43)c2=O)c1. The molecule has 4 N–H and O–H groups in total. The highest BCUT2D eigenvalue weighted by atomic mass is 32.1. The number of hydrogen-bond acceptors (Lipinski definition) is 6. The van der Waals surface area contributed by atoms with Crippen LogP contribution >= 0.6 is 11.3 Å². The number of hydrogen-bond donors (Lipinski definition) is 4.